The highest BCUT2D eigenvalue weighted by molar-refractivity contribution is 5.92. The third-order valence-electron chi connectivity index (χ3n) is 3.15. The monoisotopic (exact) mass is 285 g/mol. The van der Waals surface area contributed by atoms with Crippen LogP contribution in [-0.2, 0) is 4.79 Å². The van der Waals surface area contributed by atoms with Crippen molar-refractivity contribution in [2.24, 2.45) is 0 Å². The molecule has 2 rings (SSSR count). The Morgan fingerprint density at radius 2 is 1.86 bits per heavy atom. The molecule has 0 aliphatic heterocycles. The molecular formula is C17H19NO3. The van der Waals surface area contributed by atoms with Gasteiger partial charge in [0.25, 0.3) is 5.91 Å². The van der Waals surface area contributed by atoms with Gasteiger partial charge in [-0.1, -0.05) is 36.4 Å². The van der Waals surface area contributed by atoms with E-state index in [0.717, 1.165) is 11.3 Å². The van der Waals surface area contributed by atoms with Crippen molar-refractivity contribution in [2.45, 2.75) is 20.0 Å². The number of benzene rings is 2. The van der Waals surface area contributed by atoms with Gasteiger partial charge in [0, 0.05) is 11.3 Å². The minimum absolute atomic E-state index is 0.0991. The molecule has 0 heterocycles. The van der Waals surface area contributed by atoms with Crippen LogP contribution in [-0.4, -0.2) is 17.6 Å². The molecule has 0 saturated carbocycles. The van der Waals surface area contributed by atoms with Crippen molar-refractivity contribution in [1.29, 1.82) is 0 Å². The summed E-state index contributed by atoms with van der Waals surface area (Å²) in [5.74, 6) is 0.289. The third-order valence-corrected chi connectivity index (χ3v) is 3.15. The number of para-hydroxylation sites is 2. The fourth-order valence-corrected chi connectivity index (χ4v) is 2.00. The summed E-state index contributed by atoms with van der Waals surface area (Å²) in [5, 5.41) is 12.5. The minimum Gasteiger partial charge on any atom is -0.483 e. The second-order valence-corrected chi connectivity index (χ2v) is 4.87. The van der Waals surface area contributed by atoms with Gasteiger partial charge in [0.1, 0.15) is 5.75 Å². The van der Waals surface area contributed by atoms with Crippen LogP contribution in [0.1, 0.15) is 24.2 Å². The predicted octanol–water partition coefficient (Wildman–Crippen LogP) is 3.07. The van der Waals surface area contributed by atoms with Crippen LogP contribution in [0.15, 0.2) is 48.5 Å². The first-order valence-corrected chi connectivity index (χ1v) is 6.83. The van der Waals surface area contributed by atoms with Crippen LogP contribution in [0.2, 0.25) is 0 Å². The maximum Gasteiger partial charge on any atom is 0.262 e. The molecule has 0 bridgehead atoms. The summed E-state index contributed by atoms with van der Waals surface area (Å²) in [6.45, 7) is 3.49. The maximum absolute atomic E-state index is 11.9. The van der Waals surface area contributed by atoms with Gasteiger partial charge in [-0.2, -0.15) is 0 Å². The summed E-state index contributed by atoms with van der Waals surface area (Å²) >= 11 is 0. The molecule has 2 aromatic rings. The largest absolute Gasteiger partial charge is 0.483 e. The van der Waals surface area contributed by atoms with Crippen LogP contribution in [0, 0.1) is 6.92 Å². The first-order chi connectivity index (χ1) is 10.1. The van der Waals surface area contributed by atoms with E-state index in [0.29, 0.717) is 11.3 Å². The molecule has 4 heteroatoms. The molecule has 2 N–H and O–H groups in total. The summed E-state index contributed by atoms with van der Waals surface area (Å²) in [6.07, 6.45) is -0.638. The highest BCUT2D eigenvalue weighted by atomic mass is 16.5. The van der Waals surface area contributed by atoms with Crippen LogP contribution in [0.25, 0.3) is 0 Å². The van der Waals surface area contributed by atoms with Crippen LogP contribution in [0.3, 0.4) is 0 Å². The molecular weight excluding hydrogens is 266 g/mol. The highest BCUT2D eigenvalue weighted by Gasteiger charge is 2.10. The van der Waals surface area contributed by atoms with E-state index in [-0.39, 0.29) is 12.5 Å². The number of nitrogens with one attached hydrogen (secondary N) is 1. The topological polar surface area (TPSA) is 58.6 Å². The number of hydrogen-bond acceptors (Lipinski definition) is 3. The van der Waals surface area contributed by atoms with E-state index in [2.05, 4.69) is 5.32 Å². The number of aliphatic hydroxyl groups is 1. The Morgan fingerprint density at radius 1 is 1.19 bits per heavy atom. The zero-order valence-electron chi connectivity index (χ0n) is 12.2. The molecule has 0 radical (unpaired) electrons. The van der Waals surface area contributed by atoms with E-state index in [1.807, 2.05) is 37.3 Å². The van der Waals surface area contributed by atoms with Crippen LogP contribution < -0.4 is 10.1 Å². The lowest BCUT2D eigenvalue weighted by Gasteiger charge is -2.13. The molecule has 0 saturated heterocycles. The number of amides is 1. The Kier molecular flexibility index (Phi) is 4.95. The number of aryl methyl sites for hydroxylation is 1. The van der Waals surface area contributed by atoms with Crippen molar-refractivity contribution in [1.82, 2.24) is 0 Å². The van der Waals surface area contributed by atoms with Gasteiger partial charge in [-0.15, -0.1) is 0 Å². The molecule has 0 aliphatic rings. The van der Waals surface area contributed by atoms with Gasteiger partial charge in [0.2, 0.25) is 0 Å². The van der Waals surface area contributed by atoms with Crippen molar-refractivity contribution in [3.8, 4) is 5.75 Å². The van der Waals surface area contributed by atoms with Crippen LogP contribution in [0.5, 0.6) is 5.75 Å². The Bertz CT molecular complexity index is 623. The average molecular weight is 285 g/mol. The SMILES string of the molecule is Cc1ccccc1NC(=O)COc1ccccc1[C@H](C)O. The Hall–Kier alpha value is -2.33. The molecule has 4 nitrogen and oxygen atoms in total. The van der Waals surface area contributed by atoms with E-state index in [9.17, 15) is 9.90 Å². The van der Waals surface area contributed by atoms with Gasteiger partial charge in [-0.3, -0.25) is 4.79 Å². The zero-order valence-corrected chi connectivity index (χ0v) is 12.2. The lowest BCUT2D eigenvalue weighted by Crippen LogP contribution is -2.21. The van der Waals surface area contributed by atoms with E-state index in [1.165, 1.54) is 0 Å². The van der Waals surface area contributed by atoms with E-state index < -0.39 is 6.10 Å². The minimum atomic E-state index is -0.638. The number of hydrogen-bond donors (Lipinski definition) is 2. The van der Waals surface area contributed by atoms with Gasteiger partial charge in [0.15, 0.2) is 6.61 Å². The van der Waals surface area contributed by atoms with Crippen molar-refractivity contribution in [3.63, 3.8) is 0 Å². The van der Waals surface area contributed by atoms with Crippen molar-refractivity contribution in [2.75, 3.05) is 11.9 Å². The molecule has 0 aliphatic carbocycles. The van der Waals surface area contributed by atoms with E-state index >= 15 is 0 Å². The maximum atomic E-state index is 11.9. The lowest BCUT2D eigenvalue weighted by molar-refractivity contribution is -0.118. The van der Waals surface area contributed by atoms with Crippen LogP contribution in [0.4, 0.5) is 5.69 Å². The Morgan fingerprint density at radius 3 is 2.57 bits per heavy atom. The molecule has 2 aromatic carbocycles. The van der Waals surface area contributed by atoms with Crippen molar-refractivity contribution < 1.29 is 14.6 Å². The van der Waals surface area contributed by atoms with E-state index in [4.69, 9.17) is 4.74 Å². The number of ether oxygens (including phenoxy) is 1. The molecule has 21 heavy (non-hydrogen) atoms. The molecule has 0 fully saturated rings. The number of anilines is 1. The fraction of sp³-hybridized carbons (Fsp3) is 0.235. The van der Waals surface area contributed by atoms with Gasteiger partial charge in [-0.25, -0.2) is 0 Å². The zero-order chi connectivity index (χ0) is 15.2. The number of carbonyl (C=O) groups excluding carboxylic acids is 1. The third kappa shape index (κ3) is 4.07. The summed E-state index contributed by atoms with van der Waals surface area (Å²) in [5.41, 5.74) is 2.44. The second kappa shape index (κ2) is 6.90. The van der Waals surface area contributed by atoms with Crippen LogP contribution >= 0.6 is 0 Å². The smallest absolute Gasteiger partial charge is 0.262 e. The normalized spacial score (nSPS) is 11.8. The van der Waals surface area contributed by atoms with Gasteiger partial charge in [0.05, 0.1) is 6.10 Å². The van der Waals surface area contributed by atoms with Gasteiger partial charge >= 0.3 is 0 Å². The van der Waals surface area contributed by atoms with E-state index in [1.54, 1.807) is 25.1 Å². The predicted molar refractivity (Wildman–Crippen MR) is 82.4 cm³/mol. The Balaban J connectivity index is 1.97. The second-order valence-electron chi connectivity index (χ2n) is 4.87. The molecule has 0 aromatic heterocycles. The average Bonchev–Trinajstić information content (AvgIpc) is 2.48. The number of rotatable bonds is 5. The summed E-state index contributed by atoms with van der Waals surface area (Å²) in [4.78, 5) is 11.9. The Labute approximate surface area is 124 Å². The number of aliphatic hydroxyl groups excluding tert-OH is 1. The molecule has 1 atom stereocenters. The van der Waals surface area contributed by atoms with Gasteiger partial charge < -0.3 is 15.2 Å². The fourth-order valence-electron chi connectivity index (χ4n) is 2.00. The molecule has 1 amide bonds. The highest BCUT2D eigenvalue weighted by Crippen LogP contribution is 2.24. The molecule has 0 unspecified atom stereocenters. The van der Waals surface area contributed by atoms with Crippen molar-refractivity contribution in [3.05, 3.63) is 59.7 Å². The quantitative estimate of drug-likeness (QED) is 0.887. The summed E-state index contributed by atoms with van der Waals surface area (Å²) < 4.78 is 5.50. The summed E-state index contributed by atoms with van der Waals surface area (Å²) in [7, 11) is 0. The first-order valence-electron chi connectivity index (χ1n) is 6.83. The first kappa shape index (κ1) is 15.1. The standard InChI is InChI=1S/C17H19NO3/c1-12-7-3-5-9-15(12)18-17(20)11-21-16-10-6-4-8-14(16)13(2)19/h3-10,13,19H,11H2,1-2H3,(H,18,20)/t13-/m0/s1. The lowest BCUT2D eigenvalue weighted by atomic mass is 10.1. The van der Waals surface area contributed by atoms with Gasteiger partial charge in [-0.05, 0) is 31.5 Å². The van der Waals surface area contributed by atoms with Crippen molar-refractivity contribution >= 4 is 11.6 Å². The molecule has 0 spiro atoms. The summed E-state index contributed by atoms with van der Waals surface area (Å²) in [6, 6.07) is 14.7. The molecule has 110 valence electrons. The number of carbonyl (C=O) groups is 1.